The molecule has 0 aliphatic carbocycles. The number of nitrogens with two attached hydrogens (primary N) is 1. The Kier molecular flexibility index (Phi) is 19.6. The number of rotatable bonds is 13. The monoisotopic (exact) mass is 707 g/mol. The molecule has 3 heterocycles. The van der Waals surface area contributed by atoms with Crippen molar-refractivity contribution in [3.05, 3.63) is 59.2 Å². The van der Waals surface area contributed by atoms with Crippen LogP contribution in [0.1, 0.15) is 51.6 Å². The van der Waals surface area contributed by atoms with Gasteiger partial charge in [0.05, 0.1) is 65.2 Å². The van der Waals surface area contributed by atoms with Gasteiger partial charge >= 0.3 is 11.9 Å². The van der Waals surface area contributed by atoms with Crippen molar-refractivity contribution in [2.45, 2.75) is 38.1 Å². The number of hydrogen-bond acceptors (Lipinski definition) is 15. The van der Waals surface area contributed by atoms with Crippen molar-refractivity contribution in [2.75, 3.05) is 105 Å². The van der Waals surface area contributed by atoms with E-state index in [0.717, 1.165) is 30.7 Å². The normalized spacial score (nSPS) is 19.8. The molecule has 49 heavy (non-hydrogen) atoms. The molecule has 3 N–H and O–H groups in total. The van der Waals surface area contributed by atoms with Crippen molar-refractivity contribution in [3.8, 4) is 0 Å². The van der Waals surface area contributed by atoms with E-state index in [-0.39, 0.29) is 24.6 Å². The number of carbonyl (C=O) groups excluding carboxylic acids is 2. The fourth-order valence-electron chi connectivity index (χ4n) is 4.95. The summed E-state index contributed by atoms with van der Waals surface area (Å²) in [5.74, 6) is -1.25. The van der Waals surface area contributed by atoms with Gasteiger partial charge in [0, 0.05) is 45.0 Å². The maximum absolute atomic E-state index is 12.0. The van der Waals surface area contributed by atoms with Crippen LogP contribution < -0.4 is 5.73 Å². The van der Waals surface area contributed by atoms with E-state index in [4.69, 9.17) is 34.2 Å². The molecule has 0 radical (unpaired) electrons. The Hall–Kier alpha value is -2.73. The molecular formula is C34H53N5O9S. The average molecular weight is 708 g/mol. The van der Waals surface area contributed by atoms with Crippen LogP contribution in [0.4, 0.5) is 0 Å². The Morgan fingerprint density at radius 1 is 0.796 bits per heavy atom. The average Bonchev–Trinajstić information content (AvgIpc) is 3.11. The highest BCUT2D eigenvalue weighted by atomic mass is 32.2. The molecule has 2 aromatic heterocycles. The standard InChI is InChI=1S/C34H53N5O9S/c1-43-32(40)30-10-6-8-28(36-30)24-38-13-17-45-21-22-46-18-14-39(25-29-9-7-11-31(37-29)33(41)44-2)16-20-48-34(42,26-47-19-15-38)27-49-23-5-3-4-12-35/h6-11,42H,3-5,12-27,35H2,1-2H3. The lowest BCUT2D eigenvalue weighted by molar-refractivity contribution is -0.218. The zero-order valence-corrected chi connectivity index (χ0v) is 29.7. The molecule has 0 spiro atoms. The smallest absolute Gasteiger partial charge is 0.356 e. The van der Waals surface area contributed by atoms with Gasteiger partial charge in [0.1, 0.15) is 18.0 Å². The van der Waals surface area contributed by atoms with Gasteiger partial charge in [0.25, 0.3) is 0 Å². The van der Waals surface area contributed by atoms with E-state index in [1.54, 1.807) is 36.0 Å². The number of pyridine rings is 2. The molecule has 1 unspecified atom stereocenters. The lowest BCUT2D eigenvalue weighted by Gasteiger charge is -2.30. The summed E-state index contributed by atoms with van der Waals surface area (Å²) >= 11 is 1.63. The van der Waals surface area contributed by atoms with Crippen LogP contribution in [0.5, 0.6) is 0 Å². The Morgan fingerprint density at radius 3 is 1.86 bits per heavy atom. The summed E-state index contributed by atoms with van der Waals surface area (Å²) in [6, 6.07) is 10.5. The van der Waals surface area contributed by atoms with E-state index >= 15 is 0 Å². The second-order valence-electron chi connectivity index (χ2n) is 11.5. The minimum atomic E-state index is -1.50. The number of aromatic nitrogens is 2. The number of carbonyl (C=O) groups is 2. The molecule has 0 saturated carbocycles. The number of esters is 2. The fraction of sp³-hybridized carbons (Fsp3) is 0.647. The lowest BCUT2D eigenvalue weighted by atomic mass is 10.2. The second kappa shape index (κ2) is 23.6. The third-order valence-electron chi connectivity index (χ3n) is 7.63. The molecule has 1 aliphatic rings. The summed E-state index contributed by atoms with van der Waals surface area (Å²) in [5.41, 5.74) is 7.55. The van der Waals surface area contributed by atoms with Crippen LogP contribution in [0.15, 0.2) is 36.4 Å². The predicted molar refractivity (Wildman–Crippen MR) is 185 cm³/mol. The van der Waals surface area contributed by atoms with E-state index in [1.165, 1.54) is 14.2 Å². The molecule has 3 rings (SSSR count). The zero-order chi connectivity index (χ0) is 35.2. The number of hydrogen-bond donors (Lipinski definition) is 2. The third-order valence-corrected chi connectivity index (χ3v) is 8.86. The molecular weight excluding hydrogens is 654 g/mol. The van der Waals surface area contributed by atoms with Crippen molar-refractivity contribution < 1.29 is 43.1 Å². The van der Waals surface area contributed by atoms with Gasteiger partial charge in [-0.3, -0.25) is 9.80 Å². The van der Waals surface area contributed by atoms with Gasteiger partial charge in [-0.05, 0) is 49.4 Å². The molecule has 1 saturated heterocycles. The Labute approximate surface area is 293 Å². The molecule has 274 valence electrons. The first kappa shape index (κ1) is 40.7. The van der Waals surface area contributed by atoms with Gasteiger partial charge in [-0.2, -0.15) is 11.8 Å². The summed E-state index contributed by atoms with van der Waals surface area (Å²) in [6.07, 6.45) is 3.02. The summed E-state index contributed by atoms with van der Waals surface area (Å²) in [6.45, 7) is 6.12. The highest BCUT2D eigenvalue weighted by molar-refractivity contribution is 7.99. The summed E-state index contributed by atoms with van der Waals surface area (Å²) in [4.78, 5) is 37.2. The third kappa shape index (κ3) is 16.2. The topological polar surface area (TPSA) is 168 Å². The van der Waals surface area contributed by atoms with Gasteiger partial charge in [-0.1, -0.05) is 18.6 Å². The van der Waals surface area contributed by atoms with Crippen LogP contribution in [-0.4, -0.2) is 147 Å². The van der Waals surface area contributed by atoms with Crippen molar-refractivity contribution in [3.63, 3.8) is 0 Å². The zero-order valence-electron chi connectivity index (χ0n) is 28.9. The Bertz CT molecular complexity index is 1250. The maximum atomic E-state index is 12.0. The Balaban J connectivity index is 1.66. The number of nitrogens with zero attached hydrogens (tertiary/aromatic N) is 4. The molecule has 0 amide bonds. The van der Waals surface area contributed by atoms with E-state index in [9.17, 15) is 14.7 Å². The minimum Gasteiger partial charge on any atom is -0.464 e. The van der Waals surface area contributed by atoms with Gasteiger partial charge < -0.3 is 39.3 Å². The largest absolute Gasteiger partial charge is 0.464 e. The first-order valence-electron chi connectivity index (χ1n) is 16.8. The summed E-state index contributed by atoms with van der Waals surface area (Å²) in [7, 11) is 2.66. The second-order valence-corrected chi connectivity index (χ2v) is 12.6. The highest BCUT2D eigenvalue weighted by Crippen LogP contribution is 2.19. The van der Waals surface area contributed by atoms with Crippen molar-refractivity contribution in [2.24, 2.45) is 5.73 Å². The molecule has 0 aromatic carbocycles. The van der Waals surface area contributed by atoms with Crippen LogP contribution in [-0.2, 0) is 41.5 Å². The molecule has 2 aromatic rings. The summed E-state index contributed by atoms with van der Waals surface area (Å²) < 4.78 is 33.6. The van der Waals surface area contributed by atoms with Gasteiger partial charge in [0.15, 0.2) is 5.79 Å². The first-order chi connectivity index (χ1) is 23.9. The van der Waals surface area contributed by atoms with E-state index in [1.807, 2.05) is 12.1 Å². The molecule has 1 fully saturated rings. The molecule has 15 heteroatoms. The van der Waals surface area contributed by atoms with Crippen LogP contribution in [0, 0.1) is 0 Å². The number of ether oxygens (including phenoxy) is 6. The minimum absolute atomic E-state index is 0.00490. The molecule has 14 nitrogen and oxygen atoms in total. The molecule has 0 bridgehead atoms. The van der Waals surface area contributed by atoms with Crippen molar-refractivity contribution in [1.29, 1.82) is 0 Å². The van der Waals surface area contributed by atoms with E-state index in [2.05, 4.69) is 19.8 Å². The Morgan fingerprint density at radius 2 is 1.33 bits per heavy atom. The fourth-order valence-corrected chi connectivity index (χ4v) is 5.99. The quantitative estimate of drug-likeness (QED) is 0.229. The van der Waals surface area contributed by atoms with Crippen LogP contribution in [0.3, 0.4) is 0 Å². The van der Waals surface area contributed by atoms with Crippen molar-refractivity contribution in [1.82, 2.24) is 19.8 Å². The number of aliphatic hydroxyl groups is 1. The first-order valence-corrected chi connectivity index (χ1v) is 17.9. The summed E-state index contributed by atoms with van der Waals surface area (Å²) in [5, 5.41) is 11.6. The van der Waals surface area contributed by atoms with Crippen LogP contribution in [0.2, 0.25) is 0 Å². The van der Waals surface area contributed by atoms with E-state index in [0.29, 0.717) is 90.3 Å². The van der Waals surface area contributed by atoms with Gasteiger partial charge in [-0.15, -0.1) is 0 Å². The highest BCUT2D eigenvalue weighted by Gasteiger charge is 2.29. The molecule has 1 atom stereocenters. The predicted octanol–water partition coefficient (Wildman–Crippen LogP) is 1.98. The number of methoxy groups -OCH3 is 2. The van der Waals surface area contributed by atoms with Gasteiger partial charge in [0.2, 0.25) is 0 Å². The van der Waals surface area contributed by atoms with Crippen molar-refractivity contribution >= 4 is 23.7 Å². The maximum Gasteiger partial charge on any atom is 0.356 e. The van der Waals surface area contributed by atoms with Gasteiger partial charge in [-0.25, -0.2) is 19.6 Å². The molecule has 1 aliphatic heterocycles. The SMILES string of the molecule is COC(=O)c1cccc(CN2CCOCCOCCN(Cc3cccc(C(=O)OC)n3)CCOC(O)(CSCCCCCN)COCC2)n1. The number of unbranched alkanes of at least 4 members (excludes halogenated alkanes) is 2. The lowest BCUT2D eigenvalue weighted by Crippen LogP contribution is -2.44. The van der Waals surface area contributed by atoms with Crippen LogP contribution in [0.25, 0.3) is 0 Å². The van der Waals surface area contributed by atoms with E-state index < -0.39 is 17.7 Å². The number of thioether (sulfide) groups is 1. The van der Waals surface area contributed by atoms with Crippen LogP contribution >= 0.6 is 11.8 Å².